The van der Waals surface area contributed by atoms with Crippen molar-refractivity contribution >= 4 is 17.3 Å². The van der Waals surface area contributed by atoms with Crippen molar-refractivity contribution in [3.8, 4) is 0 Å². The molecule has 0 aliphatic rings. The van der Waals surface area contributed by atoms with Crippen molar-refractivity contribution in [2.24, 2.45) is 10.9 Å². The number of rotatable bonds is 4. The highest BCUT2D eigenvalue weighted by Crippen LogP contribution is 2.10. The molecule has 4 nitrogen and oxygen atoms in total. The third-order valence-electron chi connectivity index (χ3n) is 1.98. The van der Waals surface area contributed by atoms with Gasteiger partial charge in [0.05, 0.1) is 6.54 Å². The van der Waals surface area contributed by atoms with Gasteiger partial charge < -0.3 is 10.6 Å². The maximum Gasteiger partial charge on any atom is 0.191 e. The standard InChI is InChI=1S/C11H20N4S/c1-8(2)5-14-11(12-4)15-7-10-13-6-9(3)16-10/h6,8H,5,7H2,1-4H3,(H2,12,14,15). The van der Waals surface area contributed by atoms with E-state index in [0.29, 0.717) is 5.92 Å². The Kier molecular flexibility index (Phi) is 5.25. The van der Waals surface area contributed by atoms with Crippen LogP contribution in [0.2, 0.25) is 0 Å². The minimum atomic E-state index is 0.612. The maximum atomic E-state index is 4.29. The van der Waals surface area contributed by atoms with E-state index in [2.05, 4.69) is 41.4 Å². The largest absolute Gasteiger partial charge is 0.356 e. The summed E-state index contributed by atoms with van der Waals surface area (Å²) in [4.78, 5) is 9.68. The molecule has 0 radical (unpaired) electrons. The van der Waals surface area contributed by atoms with Crippen LogP contribution in [0.4, 0.5) is 0 Å². The molecule has 0 aliphatic carbocycles. The van der Waals surface area contributed by atoms with Crippen molar-refractivity contribution in [1.82, 2.24) is 15.6 Å². The van der Waals surface area contributed by atoms with Crippen LogP contribution >= 0.6 is 11.3 Å². The van der Waals surface area contributed by atoms with Gasteiger partial charge in [-0.05, 0) is 12.8 Å². The van der Waals surface area contributed by atoms with Crippen LogP contribution in [0.15, 0.2) is 11.2 Å². The molecule has 0 saturated carbocycles. The Balaban J connectivity index is 2.34. The van der Waals surface area contributed by atoms with Crippen LogP contribution in [-0.4, -0.2) is 24.5 Å². The van der Waals surface area contributed by atoms with E-state index < -0.39 is 0 Å². The quantitative estimate of drug-likeness (QED) is 0.623. The molecule has 0 fully saturated rings. The smallest absolute Gasteiger partial charge is 0.191 e. The second-order valence-electron chi connectivity index (χ2n) is 4.07. The van der Waals surface area contributed by atoms with Gasteiger partial charge in [-0.25, -0.2) is 4.98 Å². The van der Waals surface area contributed by atoms with Crippen LogP contribution in [0.5, 0.6) is 0 Å². The molecular weight excluding hydrogens is 220 g/mol. The third kappa shape index (κ3) is 4.61. The highest BCUT2D eigenvalue weighted by Gasteiger charge is 2.01. The molecule has 0 amide bonds. The Hall–Kier alpha value is -1.10. The van der Waals surface area contributed by atoms with Crippen LogP contribution in [0, 0.1) is 12.8 Å². The fraction of sp³-hybridized carbons (Fsp3) is 0.636. The van der Waals surface area contributed by atoms with Gasteiger partial charge in [-0.1, -0.05) is 13.8 Å². The summed E-state index contributed by atoms with van der Waals surface area (Å²) in [5.41, 5.74) is 0. The van der Waals surface area contributed by atoms with E-state index in [4.69, 9.17) is 0 Å². The minimum absolute atomic E-state index is 0.612. The summed E-state index contributed by atoms with van der Waals surface area (Å²) in [7, 11) is 1.78. The molecule has 0 bridgehead atoms. The van der Waals surface area contributed by atoms with Crippen molar-refractivity contribution in [2.45, 2.75) is 27.3 Å². The number of guanidine groups is 1. The lowest BCUT2D eigenvalue weighted by Crippen LogP contribution is -2.38. The highest BCUT2D eigenvalue weighted by atomic mass is 32.1. The second kappa shape index (κ2) is 6.48. The summed E-state index contributed by atoms with van der Waals surface area (Å²) in [6.45, 7) is 8.06. The van der Waals surface area contributed by atoms with Gasteiger partial charge in [0.1, 0.15) is 5.01 Å². The van der Waals surface area contributed by atoms with Crippen molar-refractivity contribution in [2.75, 3.05) is 13.6 Å². The molecule has 1 aromatic heterocycles. The summed E-state index contributed by atoms with van der Waals surface area (Å²) in [5, 5.41) is 7.59. The number of thiazole rings is 1. The molecule has 0 aliphatic heterocycles. The molecule has 1 aromatic rings. The van der Waals surface area contributed by atoms with Crippen LogP contribution in [-0.2, 0) is 6.54 Å². The molecule has 0 aromatic carbocycles. The molecule has 16 heavy (non-hydrogen) atoms. The predicted octanol–water partition coefficient (Wildman–Crippen LogP) is 1.77. The Labute approximate surface area is 101 Å². The normalized spacial score (nSPS) is 11.9. The van der Waals surface area contributed by atoms with Crippen LogP contribution in [0.3, 0.4) is 0 Å². The lowest BCUT2D eigenvalue weighted by Gasteiger charge is -2.12. The monoisotopic (exact) mass is 240 g/mol. The molecule has 1 heterocycles. The summed E-state index contributed by atoms with van der Waals surface area (Å²) in [6.07, 6.45) is 1.89. The predicted molar refractivity (Wildman–Crippen MR) is 69.9 cm³/mol. The van der Waals surface area contributed by atoms with Crippen molar-refractivity contribution in [1.29, 1.82) is 0 Å². The van der Waals surface area contributed by atoms with Gasteiger partial charge in [0.2, 0.25) is 0 Å². The molecule has 1 rings (SSSR count). The number of aromatic nitrogens is 1. The molecule has 5 heteroatoms. The van der Waals surface area contributed by atoms with E-state index in [1.165, 1.54) is 4.88 Å². The Morgan fingerprint density at radius 1 is 1.50 bits per heavy atom. The van der Waals surface area contributed by atoms with Gasteiger partial charge in [0, 0.05) is 24.7 Å². The van der Waals surface area contributed by atoms with Gasteiger partial charge in [-0.15, -0.1) is 11.3 Å². The number of hydrogen-bond acceptors (Lipinski definition) is 3. The van der Waals surface area contributed by atoms with E-state index in [9.17, 15) is 0 Å². The zero-order valence-corrected chi connectivity index (χ0v) is 11.2. The first-order chi connectivity index (χ1) is 7.61. The summed E-state index contributed by atoms with van der Waals surface area (Å²) in [6, 6.07) is 0. The van der Waals surface area contributed by atoms with Gasteiger partial charge >= 0.3 is 0 Å². The van der Waals surface area contributed by atoms with Crippen molar-refractivity contribution in [3.63, 3.8) is 0 Å². The SMILES string of the molecule is CN=C(NCc1ncc(C)s1)NCC(C)C. The molecular formula is C11H20N4S. The maximum absolute atomic E-state index is 4.29. The first-order valence-electron chi connectivity index (χ1n) is 5.47. The number of nitrogens with one attached hydrogen (secondary N) is 2. The number of aryl methyl sites for hydroxylation is 1. The van der Waals surface area contributed by atoms with Crippen LogP contribution < -0.4 is 10.6 Å². The summed E-state index contributed by atoms with van der Waals surface area (Å²) < 4.78 is 0. The highest BCUT2D eigenvalue weighted by molar-refractivity contribution is 7.11. The average Bonchev–Trinajstić information content (AvgIpc) is 2.64. The molecule has 0 spiro atoms. The Morgan fingerprint density at radius 2 is 2.25 bits per heavy atom. The molecule has 2 N–H and O–H groups in total. The molecule has 90 valence electrons. The van der Waals surface area contributed by atoms with E-state index in [-0.39, 0.29) is 0 Å². The third-order valence-corrected chi connectivity index (χ3v) is 2.89. The Morgan fingerprint density at radius 3 is 2.75 bits per heavy atom. The average molecular weight is 240 g/mol. The van der Waals surface area contributed by atoms with E-state index in [1.54, 1.807) is 18.4 Å². The van der Waals surface area contributed by atoms with Gasteiger partial charge in [0.15, 0.2) is 5.96 Å². The van der Waals surface area contributed by atoms with Crippen molar-refractivity contribution < 1.29 is 0 Å². The van der Waals surface area contributed by atoms with Gasteiger partial charge in [-0.2, -0.15) is 0 Å². The van der Waals surface area contributed by atoms with Gasteiger partial charge in [0.25, 0.3) is 0 Å². The summed E-state index contributed by atoms with van der Waals surface area (Å²) in [5.74, 6) is 1.45. The zero-order valence-electron chi connectivity index (χ0n) is 10.4. The zero-order chi connectivity index (χ0) is 12.0. The van der Waals surface area contributed by atoms with Crippen molar-refractivity contribution in [3.05, 3.63) is 16.1 Å². The van der Waals surface area contributed by atoms with E-state index in [0.717, 1.165) is 24.1 Å². The first kappa shape index (κ1) is 13.0. The fourth-order valence-corrected chi connectivity index (χ4v) is 1.89. The van der Waals surface area contributed by atoms with Crippen LogP contribution in [0.1, 0.15) is 23.7 Å². The molecule has 0 unspecified atom stereocenters. The lowest BCUT2D eigenvalue weighted by atomic mass is 10.2. The Bertz CT molecular complexity index is 344. The van der Waals surface area contributed by atoms with Gasteiger partial charge in [-0.3, -0.25) is 4.99 Å². The lowest BCUT2D eigenvalue weighted by molar-refractivity contribution is 0.614. The molecule has 0 atom stereocenters. The molecule has 0 saturated heterocycles. The topological polar surface area (TPSA) is 49.3 Å². The van der Waals surface area contributed by atoms with Crippen LogP contribution in [0.25, 0.3) is 0 Å². The van der Waals surface area contributed by atoms with E-state index >= 15 is 0 Å². The fourth-order valence-electron chi connectivity index (χ4n) is 1.16. The first-order valence-corrected chi connectivity index (χ1v) is 6.29. The number of aliphatic imine (C=N–C) groups is 1. The number of hydrogen-bond donors (Lipinski definition) is 2. The van der Waals surface area contributed by atoms with E-state index in [1.807, 2.05) is 6.20 Å². The summed E-state index contributed by atoms with van der Waals surface area (Å²) >= 11 is 1.71. The number of nitrogens with zero attached hydrogens (tertiary/aromatic N) is 2. The minimum Gasteiger partial charge on any atom is -0.356 e. The second-order valence-corrected chi connectivity index (χ2v) is 5.38.